The Kier molecular flexibility index (Phi) is 8.08. The van der Waals surface area contributed by atoms with Gasteiger partial charge in [0.15, 0.2) is 0 Å². The van der Waals surface area contributed by atoms with Crippen LogP contribution in [0.4, 0.5) is 18.9 Å². The SMILES string of the molecule is CCN(CCC(F)(F)F)C(=O)c1ccc(N2CCCCC2)c(S(=O)(=O)N2CCCCC2)c1. The number of hydrogen-bond donors (Lipinski definition) is 0. The van der Waals surface area contributed by atoms with Crippen LogP contribution in [-0.4, -0.2) is 69.0 Å². The number of hydrogen-bond acceptors (Lipinski definition) is 4. The van der Waals surface area contributed by atoms with Gasteiger partial charge in [-0.2, -0.15) is 17.5 Å². The Morgan fingerprint density at radius 2 is 1.59 bits per heavy atom. The van der Waals surface area contributed by atoms with Gasteiger partial charge >= 0.3 is 6.18 Å². The summed E-state index contributed by atoms with van der Waals surface area (Å²) in [5.41, 5.74) is 0.676. The first kappa shape index (κ1) is 24.8. The van der Waals surface area contributed by atoms with Crippen LogP contribution in [0.15, 0.2) is 23.1 Å². The van der Waals surface area contributed by atoms with E-state index in [0.717, 1.165) is 56.5 Å². The van der Waals surface area contributed by atoms with Crippen LogP contribution in [0.3, 0.4) is 0 Å². The van der Waals surface area contributed by atoms with Gasteiger partial charge in [-0.05, 0) is 57.2 Å². The van der Waals surface area contributed by atoms with Crippen molar-refractivity contribution in [1.82, 2.24) is 9.21 Å². The van der Waals surface area contributed by atoms with Crippen LogP contribution in [-0.2, 0) is 10.0 Å². The lowest BCUT2D eigenvalue weighted by molar-refractivity contribution is -0.136. The number of alkyl halides is 3. The lowest BCUT2D eigenvalue weighted by Crippen LogP contribution is -2.38. The first-order valence-electron chi connectivity index (χ1n) is 11.4. The average Bonchev–Trinajstić information content (AvgIpc) is 2.79. The van der Waals surface area contributed by atoms with Gasteiger partial charge < -0.3 is 9.80 Å². The molecule has 1 amide bonds. The number of rotatable bonds is 7. The molecule has 1 aromatic carbocycles. The summed E-state index contributed by atoms with van der Waals surface area (Å²) < 4.78 is 66.6. The molecule has 2 aliphatic heterocycles. The average molecular weight is 476 g/mol. The predicted molar refractivity (Wildman–Crippen MR) is 117 cm³/mol. The Bertz CT molecular complexity index is 893. The summed E-state index contributed by atoms with van der Waals surface area (Å²) in [6, 6.07) is 4.55. The Morgan fingerprint density at radius 3 is 2.16 bits per heavy atom. The van der Waals surface area contributed by atoms with E-state index in [0.29, 0.717) is 18.8 Å². The molecule has 0 radical (unpaired) electrons. The Labute approximate surface area is 188 Å². The van der Waals surface area contributed by atoms with E-state index >= 15 is 0 Å². The van der Waals surface area contributed by atoms with Gasteiger partial charge in [0.2, 0.25) is 10.0 Å². The van der Waals surface area contributed by atoms with E-state index in [-0.39, 0.29) is 17.0 Å². The lowest BCUT2D eigenvalue weighted by Gasteiger charge is -2.33. The summed E-state index contributed by atoms with van der Waals surface area (Å²) in [5, 5.41) is 0. The molecule has 2 heterocycles. The molecule has 0 saturated carbocycles. The third kappa shape index (κ3) is 5.95. The maximum Gasteiger partial charge on any atom is 0.390 e. The molecular formula is C22H32F3N3O3S. The number of carbonyl (C=O) groups is 1. The molecule has 0 aromatic heterocycles. The molecule has 180 valence electrons. The van der Waals surface area contributed by atoms with Gasteiger partial charge in [0, 0.05) is 44.8 Å². The van der Waals surface area contributed by atoms with Crippen molar-refractivity contribution >= 4 is 21.6 Å². The largest absolute Gasteiger partial charge is 0.390 e. The molecule has 10 heteroatoms. The highest BCUT2D eigenvalue weighted by molar-refractivity contribution is 7.89. The van der Waals surface area contributed by atoms with Crippen LogP contribution in [0.5, 0.6) is 0 Å². The molecule has 32 heavy (non-hydrogen) atoms. The lowest BCUT2D eigenvalue weighted by atomic mass is 10.1. The molecule has 6 nitrogen and oxygen atoms in total. The molecule has 0 unspecified atom stereocenters. The molecule has 1 aromatic rings. The number of piperidine rings is 2. The van der Waals surface area contributed by atoms with Crippen LogP contribution >= 0.6 is 0 Å². The minimum absolute atomic E-state index is 0.0824. The molecule has 2 aliphatic rings. The Hall–Kier alpha value is -1.81. The number of halogens is 3. The zero-order valence-corrected chi connectivity index (χ0v) is 19.3. The highest BCUT2D eigenvalue weighted by Crippen LogP contribution is 2.33. The van der Waals surface area contributed by atoms with Crippen molar-refractivity contribution in [1.29, 1.82) is 0 Å². The van der Waals surface area contributed by atoms with Crippen molar-refractivity contribution in [2.45, 2.75) is 62.9 Å². The fraction of sp³-hybridized carbons (Fsp3) is 0.682. The van der Waals surface area contributed by atoms with E-state index in [2.05, 4.69) is 0 Å². The predicted octanol–water partition coefficient (Wildman–Crippen LogP) is 4.27. The standard InChI is InChI=1S/C22H32F3N3O3S/c1-2-26(16-11-22(23,24)25)21(29)18-9-10-19(27-12-5-3-6-13-27)20(17-18)32(30,31)28-14-7-4-8-15-28/h9-10,17H,2-8,11-16H2,1H3. The Balaban J connectivity index is 1.96. The fourth-order valence-corrected chi connectivity index (χ4v) is 6.10. The van der Waals surface area contributed by atoms with Crippen molar-refractivity contribution in [3.63, 3.8) is 0 Å². The molecule has 2 saturated heterocycles. The topological polar surface area (TPSA) is 60.9 Å². The van der Waals surface area contributed by atoms with Crippen molar-refractivity contribution < 1.29 is 26.4 Å². The second kappa shape index (κ2) is 10.4. The number of anilines is 1. The minimum Gasteiger partial charge on any atom is -0.370 e. The van der Waals surface area contributed by atoms with Crippen molar-refractivity contribution in [3.8, 4) is 0 Å². The van der Waals surface area contributed by atoms with Crippen LogP contribution in [0.2, 0.25) is 0 Å². The Morgan fingerprint density at radius 1 is 1.00 bits per heavy atom. The van der Waals surface area contributed by atoms with Crippen LogP contribution < -0.4 is 4.90 Å². The summed E-state index contributed by atoms with van der Waals surface area (Å²) in [5.74, 6) is -0.586. The monoisotopic (exact) mass is 475 g/mol. The molecule has 2 fully saturated rings. The molecular weight excluding hydrogens is 443 g/mol. The number of nitrogens with zero attached hydrogens (tertiary/aromatic N) is 3. The van der Waals surface area contributed by atoms with Gasteiger partial charge in [0.05, 0.1) is 12.1 Å². The highest BCUT2D eigenvalue weighted by atomic mass is 32.2. The maximum atomic E-state index is 13.5. The second-order valence-corrected chi connectivity index (χ2v) is 10.4. The van der Waals surface area contributed by atoms with Crippen LogP contribution in [0.25, 0.3) is 0 Å². The summed E-state index contributed by atoms with van der Waals surface area (Å²) in [4.78, 5) is 16.2. The van der Waals surface area contributed by atoms with E-state index < -0.39 is 35.1 Å². The summed E-state index contributed by atoms with van der Waals surface area (Å²) >= 11 is 0. The molecule has 3 rings (SSSR count). The van der Waals surface area contributed by atoms with Gasteiger partial charge in [-0.25, -0.2) is 8.42 Å². The quantitative estimate of drug-likeness (QED) is 0.591. The van der Waals surface area contributed by atoms with Crippen molar-refractivity contribution in [2.24, 2.45) is 0 Å². The van der Waals surface area contributed by atoms with E-state index in [1.54, 1.807) is 13.0 Å². The third-order valence-corrected chi connectivity index (χ3v) is 8.10. The van der Waals surface area contributed by atoms with Crippen LogP contribution in [0.1, 0.15) is 62.2 Å². The third-order valence-electron chi connectivity index (χ3n) is 6.17. The van der Waals surface area contributed by atoms with Gasteiger partial charge in [-0.15, -0.1) is 0 Å². The molecule has 0 N–H and O–H groups in total. The normalized spacial score (nSPS) is 18.6. The zero-order chi connectivity index (χ0) is 23.4. The van der Waals surface area contributed by atoms with E-state index in [1.165, 1.54) is 16.4 Å². The number of carbonyl (C=O) groups excluding carboxylic acids is 1. The highest BCUT2D eigenvalue weighted by Gasteiger charge is 2.32. The van der Waals surface area contributed by atoms with Gasteiger partial charge in [0.1, 0.15) is 4.90 Å². The van der Waals surface area contributed by atoms with E-state index in [4.69, 9.17) is 0 Å². The molecule has 0 spiro atoms. The molecule has 0 bridgehead atoms. The minimum atomic E-state index is -4.37. The first-order chi connectivity index (χ1) is 15.1. The van der Waals surface area contributed by atoms with E-state index in [9.17, 15) is 26.4 Å². The first-order valence-corrected chi connectivity index (χ1v) is 12.8. The van der Waals surface area contributed by atoms with E-state index in [1.807, 2.05) is 4.90 Å². The molecule has 0 aliphatic carbocycles. The number of benzene rings is 1. The fourth-order valence-electron chi connectivity index (χ4n) is 4.34. The van der Waals surface area contributed by atoms with Gasteiger partial charge in [0.25, 0.3) is 5.91 Å². The smallest absolute Gasteiger partial charge is 0.370 e. The molecule has 0 atom stereocenters. The van der Waals surface area contributed by atoms with Gasteiger partial charge in [-0.3, -0.25) is 4.79 Å². The summed E-state index contributed by atoms with van der Waals surface area (Å²) in [7, 11) is -3.83. The van der Waals surface area contributed by atoms with Crippen molar-refractivity contribution in [3.05, 3.63) is 23.8 Å². The zero-order valence-electron chi connectivity index (χ0n) is 18.5. The summed E-state index contributed by atoms with van der Waals surface area (Å²) in [6.07, 6.45) is 0.109. The maximum absolute atomic E-state index is 13.5. The number of amides is 1. The number of sulfonamides is 1. The van der Waals surface area contributed by atoms with Gasteiger partial charge in [-0.1, -0.05) is 6.42 Å². The van der Waals surface area contributed by atoms with Crippen LogP contribution in [0, 0.1) is 0 Å². The summed E-state index contributed by atoms with van der Waals surface area (Å²) in [6.45, 7) is 3.61. The van der Waals surface area contributed by atoms with Crippen molar-refractivity contribution in [2.75, 3.05) is 44.2 Å². The second-order valence-electron chi connectivity index (χ2n) is 8.44.